The van der Waals surface area contributed by atoms with E-state index in [-0.39, 0.29) is 18.9 Å². The zero-order valence-electron chi connectivity index (χ0n) is 10.5. The Bertz CT molecular complexity index is 477. The van der Waals surface area contributed by atoms with Crippen molar-refractivity contribution in [3.63, 3.8) is 0 Å². The Kier molecular flexibility index (Phi) is 4.47. The Labute approximate surface area is 109 Å². The van der Waals surface area contributed by atoms with Crippen LogP contribution in [0.3, 0.4) is 0 Å². The van der Waals surface area contributed by atoms with Crippen LogP contribution in [0.1, 0.15) is 25.3 Å². The third-order valence-electron chi connectivity index (χ3n) is 2.80. The van der Waals surface area contributed by atoms with Crippen LogP contribution in [0.15, 0.2) is 36.4 Å². The molecule has 0 heterocycles. The number of benzene rings is 2. The van der Waals surface area contributed by atoms with Crippen LogP contribution in [-0.4, -0.2) is 7.05 Å². The van der Waals surface area contributed by atoms with Gasteiger partial charge in [-0.05, 0) is 22.3 Å². The number of nitrogens with zero attached hydrogens (tertiary/aromatic N) is 1. The second-order valence-electron chi connectivity index (χ2n) is 4.10. The quantitative estimate of drug-likeness (QED) is 0.661. The van der Waals surface area contributed by atoms with Crippen LogP contribution < -0.4 is 18.9 Å². The molecule has 2 rings (SSSR count). The molecule has 78 valence electrons. The summed E-state index contributed by atoms with van der Waals surface area (Å²) in [5.41, 5.74) is 2.48. The van der Waals surface area contributed by atoms with Crippen molar-refractivity contribution in [2.24, 2.45) is 0 Å². The van der Waals surface area contributed by atoms with Crippen LogP contribution in [-0.2, 0) is 0 Å². The molecule has 0 N–H and O–H groups in total. The molecule has 0 aliphatic carbocycles. The minimum Gasteiger partial charge on any atom is -0.686 e. The van der Waals surface area contributed by atoms with Crippen LogP contribution in [0.25, 0.3) is 16.1 Å². The van der Waals surface area contributed by atoms with Crippen LogP contribution >= 0.6 is 0 Å². The van der Waals surface area contributed by atoms with E-state index in [2.05, 4.69) is 55.6 Å². The molecule has 0 saturated carbocycles. The maximum absolute atomic E-state index is 4.30. The molecule has 0 aromatic heterocycles. The summed E-state index contributed by atoms with van der Waals surface area (Å²) in [6, 6.07) is 12.8. The van der Waals surface area contributed by atoms with Crippen LogP contribution in [0.4, 0.5) is 5.69 Å². The number of fused-ring (bicyclic) bond motifs is 1. The molecule has 0 aliphatic heterocycles. The minimum absolute atomic E-state index is 0. The average molecular weight is 205 g/mol. The summed E-state index contributed by atoms with van der Waals surface area (Å²) >= 11 is 0. The Balaban J connectivity index is 0.00000128. The molecule has 0 spiro atoms. The summed E-state index contributed by atoms with van der Waals surface area (Å²) in [5.74, 6) is 0.556. The van der Waals surface area contributed by atoms with Gasteiger partial charge in [0, 0.05) is 0 Å². The van der Waals surface area contributed by atoms with Gasteiger partial charge in [0.1, 0.15) is 0 Å². The summed E-state index contributed by atoms with van der Waals surface area (Å²) in [6.45, 7) is 4.45. The van der Waals surface area contributed by atoms with Gasteiger partial charge in [-0.25, -0.2) is 0 Å². The molecule has 2 aromatic carbocycles. The maximum atomic E-state index is 4.30. The van der Waals surface area contributed by atoms with Gasteiger partial charge in [-0.3, -0.25) is 0 Å². The van der Waals surface area contributed by atoms with E-state index < -0.39 is 0 Å². The van der Waals surface area contributed by atoms with E-state index in [4.69, 9.17) is 0 Å². The van der Waals surface area contributed by atoms with Gasteiger partial charge in [0.05, 0.1) is 0 Å². The molecule has 16 heavy (non-hydrogen) atoms. The van der Waals surface area contributed by atoms with E-state index in [0.717, 1.165) is 5.69 Å². The fourth-order valence-corrected chi connectivity index (χ4v) is 2.02. The second-order valence-corrected chi connectivity index (χ2v) is 4.10. The monoisotopic (exact) mass is 205 g/mol. The molecule has 0 aliphatic rings. The number of hydrogen-bond acceptors (Lipinski definition) is 0. The summed E-state index contributed by atoms with van der Waals surface area (Å²) < 4.78 is 0. The molecule has 2 aromatic rings. The first-order valence-electron chi connectivity index (χ1n) is 5.35. The van der Waals surface area contributed by atoms with Crippen LogP contribution in [0.2, 0.25) is 0 Å². The van der Waals surface area contributed by atoms with E-state index in [1.807, 2.05) is 7.05 Å². The predicted octanol–water partition coefficient (Wildman–Crippen LogP) is 1.60. The predicted molar refractivity (Wildman–Crippen MR) is 67.0 cm³/mol. The van der Waals surface area contributed by atoms with Gasteiger partial charge >= 0.3 is 18.9 Å². The SMILES string of the molecule is C[N-]c1cccc2c(C(C)C)cccc12.[Li+]. The summed E-state index contributed by atoms with van der Waals surface area (Å²) in [5, 5.41) is 6.88. The Morgan fingerprint density at radius 2 is 1.56 bits per heavy atom. The molecule has 0 fully saturated rings. The first-order chi connectivity index (χ1) is 7.24. The van der Waals surface area contributed by atoms with E-state index in [1.165, 1.54) is 16.3 Å². The van der Waals surface area contributed by atoms with Gasteiger partial charge in [-0.15, -0.1) is 12.7 Å². The van der Waals surface area contributed by atoms with E-state index in [0.29, 0.717) is 5.92 Å². The minimum atomic E-state index is 0. The van der Waals surface area contributed by atoms with Crippen molar-refractivity contribution in [2.45, 2.75) is 19.8 Å². The molecule has 1 nitrogen and oxygen atoms in total. The molecule has 0 atom stereocenters. The van der Waals surface area contributed by atoms with Crippen molar-refractivity contribution < 1.29 is 18.9 Å². The third kappa shape index (κ3) is 2.26. The first-order valence-corrected chi connectivity index (χ1v) is 5.35. The molecule has 0 amide bonds. The zero-order valence-corrected chi connectivity index (χ0v) is 10.5. The van der Waals surface area contributed by atoms with Crippen molar-refractivity contribution in [1.29, 1.82) is 0 Å². The van der Waals surface area contributed by atoms with Gasteiger partial charge in [0.2, 0.25) is 0 Å². The summed E-state index contributed by atoms with van der Waals surface area (Å²) in [6.07, 6.45) is 0. The fraction of sp³-hybridized carbons (Fsp3) is 0.286. The molecular formula is C14H16LiN. The Hall–Kier alpha value is -0.903. The third-order valence-corrected chi connectivity index (χ3v) is 2.80. The summed E-state index contributed by atoms with van der Waals surface area (Å²) in [7, 11) is 1.84. The Morgan fingerprint density at radius 3 is 2.19 bits per heavy atom. The van der Waals surface area contributed by atoms with Gasteiger partial charge in [0.25, 0.3) is 0 Å². The number of rotatable bonds is 2. The first kappa shape index (κ1) is 13.2. The molecule has 0 unspecified atom stereocenters. The van der Waals surface area contributed by atoms with Gasteiger partial charge < -0.3 is 5.32 Å². The standard InChI is InChI=1S/C14H16N.Li/c1-10(2)11-6-4-8-13-12(11)7-5-9-14(13)15-3;/h4-10H,1-3H3;/q-1;+1. The smallest absolute Gasteiger partial charge is 0.686 e. The maximum Gasteiger partial charge on any atom is 1.00 e. The van der Waals surface area contributed by atoms with E-state index >= 15 is 0 Å². The van der Waals surface area contributed by atoms with E-state index in [1.54, 1.807) is 0 Å². The molecule has 0 bridgehead atoms. The van der Waals surface area contributed by atoms with Crippen molar-refractivity contribution >= 4 is 16.5 Å². The van der Waals surface area contributed by atoms with E-state index in [9.17, 15) is 0 Å². The molecule has 0 radical (unpaired) electrons. The largest absolute Gasteiger partial charge is 1.00 e. The topological polar surface area (TPSA) is 14.1 Å². The second kappa shape index (κ2) is 5.43. The van der Waals surface area contributed by atoms with Crippen molar-refractivity contribution in [3.05, 3.63) is 47.3 Å². The molecular weight excluding hydrogens is 189 g/mol. The van der Waals surface area contributed by atoms with Crippen molar-refractivity contribution in [3.8, 4) is 0 Å². The average Bonchev–Trinajstić information content (AvgIpc) is 2.27. The van der Waals surface area contributed by atoms with Crippen LogP contribution in [0, 0.1) is 0 Å². The van der Waals surface area contributed by atoms with Gasteiger partial charge in [-0.2, -0.15) is 0 Å². The molecule has 0 saturated heterocycles. The van der Waals surface area contributed by atoms with Crippen molar-refractivity contribution in [2.75, 3.05) is 7.05 Å². The molecule has 2 heteroatoms. The number of hydrogen-bond donors (Lipinski definition) is 0. The summed E-state index contributed by atoms with van der Waals surface area (Å²) in [4.78, 5) is 0. The fourth-order valence-electron chi connectivity index (χ4n) is 2.02. The zero-order chi connectivity index (χ0) is 10.8. The van der Waals surface area contributed by atoms with Crippen LogP contribution in [0.5, 0.6) is 0 Å². The van der Waals surface area contributed by atoms with Gasteiger partial charge in [0.15, 0.2) is 0 Å². The Morgan fingerprint density at radius 1 is 0.938 bits per heavy atom. The van der Waals surface area contributed by atoms with Crippen molar-refractivity contribution in [1.82, 2.24) is 0 Å². The normalized spacial score (nSPS) is 10.2. The van der Waals surface area contributed by atoms with Gasteiger partial charge in [-0.1, -0.05) is 50.2 Å².